The van der Waals surface area contributed by atoms with Gasteiger partial charge in [0.15, 0.2) is 0 Å². The summed E-state index contributed by atoms with van der Waals surface area (Å²) in [5.74, 6) is 3.92. The fourth-order valence-electron chi connectivity index (χ4n) is 7.79. The topological polar surface area (TPSA) is 123 Å². The fourth-order valence-corrected chi connectivity index (χ4v) is 10.2. The van der Waals surface area contributed by atoms with Gasteiger partial charge in [-0.2, -0.15) is 33.7 Å². The summed E-state index contributed by atoms with van der Waals surface area (Å²) >= 11 is 3.66. The molecule has 0 radical (unpaired) electrons. The number of hydrogen-bond acceptors (Lipinski definition) is 12. The zero-order chi connectivity index (χ0) is 40.6. The number of aromatic amines is 1. The highest BCUT2D eigenvalue weighted by molar-refractivity contribution is 7.98. The lowest BCUT2D eigenvalue weighted by Crippen LogP contribution is -2.44. The van der Waals surface area contributed by atoms with Crippen LogP contribution >= 0.6 is 23.5 Å². The number of aromatic nitrogens is 8. The number of unbranched alkanes of at least 4 members (excludes halogenated alkanes) is 1. The molecule has 1 N–H and O–H groups in total. The number of aryl methyl sites for hydroxylation is 1. The van der Waals surface area contributed by atoms with Crippen LogP contribution in [0, 0.1) is 0 Å². The molecule has 0 aliphatic carbocycles. The van der Waals surface area contributed by atoms with Crippen LogP contribution in [0.15, 0.2) is 61.2 Å². The molecule has 8 heterocycles. The minimum absolute atomic E-state index is 0.308. The first-order chi connectivity index (χ1) is 28.1. The van der Waals surface area contributed by atoms with Crippen LogP contribution in [0.5, 0.6) is 0 Å². The van der Waals surface area contributed by atoms with Gasteiger partial charge in [-0.25, -0.2) is 9.97 Å². The van der Waals surface area contributed by atoms with Crippen LogP contribution in [0.4, 0.5) is 11.6 Å². The first kappa shape index (κ1) is 42.1. The summed E-state index contributed by atoms with van der Waals surface area (Å²) in [5.41, 5.74) is 8.22. The number of nitrogens with one attached hydrogen (secondary N) is 1. The molecule has 2 saturated heterocycles. The van der Waals surface area contributed by atoms with Crippen LogP contribution in [0.3, 0.4) is 0 Å². The summed E-state index contributed by atoms with van der Waals surface area (Å²) in [6.45, 7) is 17.3. The molecule has 0 bridgehead atoms. The molecule has 12 nitrogen and oxygen atoms in total. The first-order valence-corrected chi connectivity index (χ1v) is 26.9. The van der Waals surface area contributed by atoms with Gasteiger partial charge < -0.3 is 19.3 Å². The van der Waals surface area contributed by atoms with Crippen molar-refractivity contribution in [3.05, 3.63) is 72.3 Å². The van der Waals surface area contributed by atoms with E-state index in [9.17, 15) is 0 Å². The second kappa shape index (κ2) is 19.4. The Labute approximate surface area is 352 Å². The van der Waals surface area contributed by atoms with Crippen molar-refractivity contribution in [3.63, 3.8) is 0 Å². The summed E-state index contributed by atoms with van der Waals surface area (Å²) in [4.78, 5) is 24.3. The van der Waals surface area contributed by atoms with Gasteiger partial charge in [0, 0.05) is 74.8 Å². The van der Waals surface area contributed by atoms with Gasteiger partial charge >= 0.3 is 0 Å². The maximum atomic E-state index is 5.67. The largest absolute Gasteiger partial charge is 0.377 e. The SMILES string of the molecule is CSCc1cc(N2CCOC[C@H]2C)nc2c(-c3ccn[nH]3)nccc12.CSCc1cc(N2CCOC[C@H]2C)nc2c(-c3ccnn3CCCC[Si](C)(C)C)nccc12. The standard InChI is InChI=1S/C25H37N5OSSi.C18H21N5OS/c1-19-17-31-14-13-29(19)23-16-20(18-32-2)21-8-10-26-25(24(21)28-23)22-9-11-27-30(22)12-6-7-15-33(3,4)5;1-12-10-24-8-7-23(12)16-9-13(11-25-2)14-3-5-19-18(17(14)21-16)15-4-6-20-22-15/h8-11,16,19H,6-7,12-15,17-18H2,1-5H3;3-6,9,12H,7-8,10-11H2,1-2H3,(H,20,22)/t19-;12-/m11/s1. The molecule has 8 rings (SSSR count). The number of fused-ring (bicyclic) bond motifs is 2. The van der Waals surface area contributed by atoms with E-state index >= 15 is 0 Å². The second-order valence-electron chi connectivity index (χ2n) is 16.4. The van der Waals surface area contributed by atoms with Crippen molar-refractivity contribution in [3.8, 4) is 22.8 Å². The Balaban J connectivity index is 0.000000183. The molecule has 0 saturated carbocycles. The molecule has 2 aliphatic heterocycles. The Morgan fingerprint density at radius 3 is 1.86 bits per heavy atom. The van der Waals surface area contributed by atoms with Gasteiger partial charge in [0.1, 0.15) is 34.1 Å². The molecule has 58 heavy (non-hydrogen) atoms. The van der Waals surface area contributed by atoms with E-state index in [1.165, 1.54) is 29.0 Å². The molecule has 308 valence electrons. The summed E-state index contributed by atoms with van der Waals surface area (Å²) in [6.07, 6.45) is 14.1. The molecule has 0 spiro atoms. The highest BCUT2D eigenvalue weighted by Gasteiger charge is 2.25. The van der Waals surface area contributed by atoms with E-state index in [-0.39, 0.29) is 0 Å². The maximum absolute atomic E-state index is 5.67. The third-order valence-corrected chi connectivity index (χ3v) is 13.8. The number of anilines is 2. The molecule has 2 atom stereocenters. The van der Waals surface area contributed by atoms with Gasteiger partial charge in [0.05, 0.1) is 49.9 Å². The predicted molar refractivity (Wildman–Crippen MR) is 245 cm³/mol. The molecule has 2 aliphatic rings. The number of thioether (sulfide) groups is 2. The van der Waals surface area contributed by atoms with E-state index in [1.54, 1.807) is 6.20 Å². The molecule has 2 fully saturated rings. The van der Waals surface area contributed by atoms with Crippen LogP contribution in [0.25, 0.3) is 44.6 Å². The number of ether oxygens (including phenoxy) is 2. The van der Waals surface area contributed by atoms with Crippen molar-refractivity contribution < 1.29 is 9.47 Å². The normalized spacial score (nSPS) is 17.5. The van der Waals surface area contributed by atoms with Crippen LogP contribution in [0.1, 0.15) is 37.8 Å². The Hall–Kier alpha value is -4.02. The minimum Gasteiger partial charge on any atom is -0.377 e. The van der Waals surface area contributed by atoms with Crippen molar-refractivity contribution in [2.24, 2.45) is 0 Å². The monoisotopic (exact) mass is 838 g/mol. The molecule has 0 aromatic carbocycles. The van der Waals surface area contributed by atoms with Crippen molar-refractivity contribution in [2.45, 2.75) is 82.5 Å². The smallest absolute Gasteiger partial charge is 0.130 e. The Bertz CT molecular complexity index is 2260. The van der Waals surface area contributed by atoms with Crippen molar-refractivity contribution >= 4 is 65.0 Å². The number of H-pyrrole nitrogens is 1. The van der Waals surface area contributed by atoms with E-state index in [2.05, 4.69) is 111 Å². The third-order valence-electron chi connectivity index (χ3n) is 10.8. The molecular weight excluding hydrogens is 781 g/mol. The average Bonchev–Trinajstić information content (AvgIpc) is 3.93. The van der Waals surface area contributed by atoms with Gasteiger partial charge in [-0.15, -0.1) is 0 Å². The van der Waals surface area contributed by atoms with E-state index in [0.29, 0.717) is 12.1 Å². The Morgan fingerprint density at radius 2 is 1.33 bits per heavy atom. The van der Waals surface area contributed by atoms with Gasteiger partial charge in [-0.05, 0) is 80.3 Å². The van der Waals surface area contributed by atoms with Crippen LogP contribution in [-0.4, -0.2) is 112 Å². The van der Waals surface area contributed by atoms with Crippen molar-refractivity contribution in [2.75, 3.05) is 61.8 Å². The average molecular weight is 839 g/mol. The summed E-state index contributed by atoms with van der Waals surface area (Å²) < 4.78 is 13.4. The van der Waals surface area contributed by atoms with Gasteiger partial charge in [-0.3, -0.25) is 19.7 Å². The lowest BCUT2D eigenvalue weighted by Gasteiger charge is -2.34. The van der Waals surface area contributed by atoms with Gasteiger partial charge in [-0.1, -0.05) is 32.1 Å². The highest BCUT2D eigenvalue weighted by Crippen LogP contribution is 2.34. The van der Waals surface area contributed by atoms with Crippen LogP contribution < -0.4 is 9.80 Å². The summed E-state index contributed by atoms with van der Waals surface area (Å²) in [5, 5.41) is 14.1. The van der Waals surface area contributed by atoms with Crippen LogP contribution in [0.2, 0.25) is 25.7 Å². The first-order valence-electron chi connectivity index (χ1n) is 20.4. The molecule has 15 heteroatoms. The molecule has 0 unspecified atom stereocenters. The van der Waals surface area contributed by atoms with E-state index in [1.807, 2.05) is 48.2 Å². The molecule has 6 aromatic heterocycles. The van der Waals surface area contributed by atoms with Crippen LogP contribution in [-0.2, 0) is 27.5 Å². The van der Waals surface area contributed by atoms with E-state index in [0.717, 1.165) is 115 Å². The van der Waals surface area contributed by atoms with Gasteiger partial charge in [0.25, 0.3) is 0 Å². The number of hydrogen-bond donors (Lipinski definition) is 1. The third kappa shape index (κ3) is 9.87. The number of rotatable bonds is 13. The molecule has 6 aromatic rings. The number of nitrogens with zero attached hydrogens (tertiary/aromatic N) is 9. The van der Waals surface area contributed by atoms with Gasteiger partial charge in [0.2, 0.25) is 0 Å². The lowest BCUT2D eigenvalue weighted by molar-refractivity contribution is 0.0985. The molecule has 0 amide bonds. The number of pyridine rings is 4. The van der Waals surface area contributed by atoms with Crippen molar-refractivity contribution in [1.82, 2.24) is 39.9 Å². The van der Waals surface area contributed by atoms with Crippen molar-refractivity contribution in [1.29, 1.82) is 0 Å². The zero-order valence-electron chi connectivity index (χ0n) is 35.1. The predicted octanol–water partition coefficient (Wildman–Crippen LogP) is 8.81. The minimum atomic E-state index is -1.00. The summed E-state index contributed by atoms with van der Waals surface area (Å²) in [7, 11) is -1.00. The zero-order valence-corrected chi connectivity index (χ0v) is 37.7. The lowest BCUT2D eigenvalue weighted by atomic mass is 10.1. The van der Waals surface area contributed by atoms with E-state index in [4.69, 9.17) is 24.4 Å². The Kier molecular flexibility index (Phi) is 14.1. The summed E-state index contributed by atoms with van der Waals surface area (Å²) in [6, 6.07) is 14.6. The van der Waals surface area contributed by atoms with E-state index < -0.39 is 8.07 Å². The number of morpholine rings is 2. The molecular formula is C43H58N10O2S2Si. The highest BCUT2D eigenvalue weighted by atomic mass is 32.2. The quantitative estimate of drug-likeness (QED) is 0.0884. The Morgan fingerprint density at radius 1 is 0.741 bits per heavy atom. The fraction of sp³-hybridized carbons (Fsp3) is 0.488. The maximum Gasteiger partial charge on any atom is 0.130 e. The second-order valence-corrected chi connectivity index (χ2v) is 23.8.